The van der Waals surface area contributed by atoms with Gasteiger partial charge in [0, 0.05) is 41.4 Å². The van der Waals surface area contributed by atoms with Crippen LogP contribution < -0.4 is 0 Å². The van der Waals surface area contributed by atoms with Crippen molar-refractivity contribution in [3.05, 3.63) is 75.1 Å². The van der Waals surface area contributed by atoms with E-state index in [0.29, 0.717) is 48.2 Å². The number of nitro benzene ring substituents is 1. The number of carbonyl (C=O) groups is 2. The monoisotopic (exact) mass is 525 g/mol. The molecular formula is C26H28ClN5O5. The second-order valence-electron chi connectivity index (χ2n) is 8.95. The number of rotatable bonds is 9. The van der Waals surface area contributed by atoms with E-state index in [1.165, 1.54) is 29.2 Å². The van der Waals surface area contributed by atoms with Crippen molar-refractivity contribution in [1.29, 1.82) is 0 Å². The lowest BCUT2D eigenvalue weighted by molar-refractivity contribution is -0.384. The van der Waals surface area contributed by atoms with Gasteiger partial charge in [-0.2, -0.15) is 4.98 Å². The summed E-state index contributed by atoms with van der Waals surface area (Å²) < 4.78 is 5.56. The number of halogens is 1. The molecular weight excluding hydrogens is 498 g/mol. The van der Waals surface area contributed by atoms with E-state index >= 15 is 0 Å². The minimum absolute atomic E-state index is 0.146. The lowest BCUT2D eigenvalue weighted by Crippen LogP contribution is -2.46. The van der Waals surface area contributed by atoms with Gasteiger partial charge in [0.15, 0.2) is 0 Å². The molecule has 1 unspecified atom stereocenters. The summed E-state index contributed by atoms with van der Waals surface area (Å²) in [7, 11) is 0. The second-order valence-corrected chi connectivity index (χ2v) is 9.39. The molecule has 1 aromatic heterocycles. The molecule has 0 spiro atoms. The maximum atomic E-state index is 13.5. The van der Waals surface area contributed by atoms with Gasteiger partial charge in [-0.05, 0) is 43.9 Å². The molecule has 194 valence electrons. The average Bonchev–Trinajstić information content (AvgIpc) is 3.41. The van der Waals surface area contributed by atoms with Crippen LogP contribution in [0, 0.1) is 10.1 Å². The molecule has 0 bridgehead atoms. The summed E-state index contributed by atoms with van der Waals surface area (Å²) in [6, 6.07) is 12.3. The van der Waals surface area contributed by atoms with Crippen LogP contribution in [-0.2, 0) is 4.79 Å². The number of amides is 2. The maximum Gasteiger partial charge on any atom is 0.270 e. The van der Waals surface area contributed by atoms with Crippen molar-refractivity contribution in [2.75, 3.05) is 19.6 Å². The van der Waals surface area contributed by atoms with Crippen LogP contribution in [0.1, 0.15) is 61.3 Å². The molecule has 1 aliphatic rings. The minimum Gasteiger partial charge on any atom is -0.337 e. The first-order valence-corrected chi connectivity index (χ1v) is 12.7. The molecule has 1 saturated heterocycles. The number of nitrogens with zero attached hydrogens (tertiary/aromatic N) is 5. The molecule has 2 amide bonds. The zero-order chi connectivity index (χ0) is 26.4. The molecule has 1 fully saturated rings. The molecule has 10 nitrogen and oxygen atoms in total. The number of likely N-dealkylation sites (tertiary alicyclic amines) is 1. The van der Waals surface area contributed by atoms with E-state index < -0.39 is 16.9 Å². The van der Waals surface area contributed by atoms with Gasteiger partial charge in [-0.1, -0.05) is 48.3 Å². The van der Waals surface area contributed by atoms with Crippen molar-refractivity contribution in [3.63, 3.8) is 0 Å². The van der Waals surface area contributed by atoms with Crippen LogP contribution >= 0.6 is 11.6 Å². The quantitative estimate of drug-likeness (QED) is 0.274. The summed E-state index contributed by atoms with van der Waals surface area (Å²) >= 11 is 6.09. The normalized spacial score (nSPS) is 15.4. The molecule has 0 saturated carbocycles. The Kier molecular flexibility index (Phi) is 8.50. The van der Waals surface area contributed by atoms with Crippen LogP contribution in [0.25, 0.3) is 11.4 Å². The van der Waals surface area contributed by atoms with E-state index in [1.54, 1.807) is 23.1 Å². The summed E-state index contributed by atoms with van der Waals surface area (Å²) in [6.45, 7) is 2.71. The Hall–Kier alpha value is -3.79. The van der Waals surface area contributed by atoms with E-state index in [0.717, 1.165) is 19.3 Å². The first-order chi connectivity index (χ1) is 17.9. The van der Waals surface area contributed by atoms with Crippen LogP contribution in [0.4, 0.5) is 5.69 Å². The van der Waals surface area contributed by atoms with Gasteiger partial charge in [-0.15, -0.1) is 0 Å². The summed E-state index contributed by atoms with van der Waals surface area (Å²) in [6.07, 6.45) is 3.91. The largest absolute Gasteiger partial charge is 0.337 e. The van der Waals surface area contributed by atoms with Gasteiger partial charge in [-0.3, -0.25) is 19.7 Å². The predicted octanol–water partition coefficient (Wildman–Crippen LogP) is 5.29. The Labute approximate surface area is 219 Å². The van der Waals surface area contributed by atoms with E-state index in [9.17, 15) is 19.7 Å². The fraction of sp³-hybridized carbons (Fsp3) is 0.385. The van der Waals surface area contributed by atoms with Gasteiger partial charge in [0.05, 0.1) is 4.92 Å². The zero-order valence-corrected chi connectivity index (χ0v) is 21.3. The highest BCUT2D eigenvalue weighted by Crippen LogP contribution is 2.32. The molecule has 1 atom stereocenters. The molecule has 2 aromatic carbocycles. The van der Waals surface area contributed by atoms with Crippen molar-refractivity contribution in [2.24, 2.45) is 0 Å². The number of piperidine rings is 1. The number of benzene rings is 2. The number of unbranched alkanes of at least 4 members (excludes halogenated alkanes) is 1. The van der Waals surface area contributed by atoms with E-state index in [2.05, 4.69) is 10.1 Å². The SMILES string of the molecule is CCCCN(CC(=O)N1CCCCC1c1nc(-c2cccc(Cl)c2)no1)C(=O)c1cccc([N+](=O)[O-])c1. The third-order valence-electron chi connectivity index (χ3n) is 6.33. The van der Waals surface area contributed by atoms with Crippen molar-refractivity contribution < 1.29 is 19.0 Å². The smallest absolute Gasteiger partial charge is 0.270 e. The van der Waals surface area contributed by atoms with Gasteiger partial charge in [-0.25, -0.2) is 0 Å². The van der Waals surface area contributed by atoms with Crippen molar-refractivity contribution in [2.45, 2.75) is 45.1 Å². The second kappa shape index (κ2) is 12.0. The minimum atomic E-state index is -0.543. The number of non-ortho nitro benzene ring substituents is 1. The standard InChI is InChI=1S/C26H28ClN5O5/c1-2-3-13-30(26(34)19-9-7-11-21(16-19)32(35)36)17-23(33)31-14-5-4-12-22(31)25-28-24(29-37-25)18-8-6-10-20(27)15-18/h6-11,15-16,22H,2-5,12-14,17H2,1H3. The molecule has 4 rings (SSSR count). The Balaban J connectivity index is 1.53. The van der Waals surface area contributed by atoms with Crippen molar-refractivity contribution >= 4 is 29.1 Å². The molecule has 1 aliphatic heterocycles. The fourth-order valence-corrected chi connectivity index (χ4v) is 4.58. The summed E-state index contributed by atoms with van der Waals surface area (Å²) in [5.74, 6) is 0.0798. The first-order valence-electron chi connectivity index (χ1n) is 12.3. The molecule has 0 N–H and O–H groups in total. The van der Waals surface area contributed by atoms with Gasteiger partial charge in [0.1, 0.15) is 12.6 Å². The van der Waals surface area contributed by atoms with Crippen LogP contribution in [0.5, 0.6) is 0 Å². The predicted molar refractivity (Wildman–Crippen MR) is 137 cm³/mol. The Morgan fingerprint density at radius 3 is 2.78 bits per heavy atom. The highest BCUT2D eigenvalue weighted by atomic mass is 35.5. The molecule has 37 heavy (non-hydrogen) atoms. The Bertz CT molecular complexity index is 1280. The molecule has 0 aliphatic carbocycles. The molecule has 3 aromatic rings. The third kappa shape index (κ3) is 6.32. The molecule has 0 radical (unpaired) electrons. The Morgan fingerprint density at radius 2 is 2.03 bits per heavy atom. The fourth-order valence-electron chi connectivity index (χ4n) is 4.39. The van der Waals surface area contributed by atoms with E-state index in [-0.39, 0.29) is 23.7 Å². The van der Waals surface area contributed by atoms with Crippen molar-refractivity contribution in [1.82, 2.24) is 19.9 Å². The zero-order valence-electron chi connectivity index (χ0n) is 20.5. The summed E-state index contributed by atoms with van der Waals surface area (Å²) in [4.78, 5) is 45.1. The van der Waals surface area contributed by atoms with Crippen LogP contribution in [0.15, 0.2) is 53.1 Å². The maximum absolute atomic E-state index is 13.5. The lowest BCUT2D eigenvalue weighted by Gasteiger charge is -2.35. The van der Waals surface area contributed by atoms with Crippen molar-refractivity contribution in [3.8, 4) is 11.4 Å². The van der Waals surface area contributed by atoms with Gasteiger partial charge >= 0.3 is 0 Å². The highest BCUT2D eigenvalue weighted by Gasteiger charge is 2.33. The van der Waals surface area contributed by atoms with Gasteiger partial charge < -0.3 is 14.3 Å². The Morgan fingerprint density at radius 1 is 1.22 bits per heavy atom. The third-order valence-corrected chi connectivity index (χ3v) is 6.57. The van der Waals surface area contributed by atoms with Crippen LogP contribution in [0.3, 0.4) is 0 Å². The summed E-state index contributed by atoms with van der Waals surface area (Å²) in [5, 5.41) is 15.8. The topological polar surface area (TPSA) is 123 Å². The number of aromatic nitrogens is 2. The average molecular weight is 526 g/mol. The summed E-state index contributed by atoms with van der Waals surface area (Å²) in [5.41, 5.74) is 0.719. The molecule has 2 heterocycles. The number of hydrogen-bond donors (Lipinski definition) is 0. The van der Waals surface area contributed by atoms with E-state index in [4.69, 9.17) is 16.1 Å². The first kappa shape index (κ1) is 26.3. The van der Waals surface area contributed by atoms with Gasteiger partial charge in [0.25, 0.3) is 11.6 Å². The van der Waals surface area contributed by atoms with Crippen LogP contribution in [-0.4, -0.2) is 56.3 Å². The van der Waals surface area contributed by atoms with Crippen LogP contribution in [0.2, 0.25) is 5.02 Å². The number of carbonyl (C=O) groups excluding carboxylic acids is 2. The lowest BCUT2D eigenvalue weighted by atomic mass is 10.0. The number of nitro groups is 1. The van der Waals surface area contributed by atoms with Gasteiger partial charge in [0.2, 0.25) is 17.6 Å². The van der Waals surface area contributed by atoms with E-state index in [1.807, 2.05) is 13.0 Å². The highest BCUT2D eigenvalue weighted by molar-refractivity contribution is 6.30. The molecule has 11 heteroatoms. The number of hydrogen-bond acceptors (Lipinski definition) is 7.